The molecule has 0 aromatic rings. The second-order valence-corrected chi connectivity index (χ2v) is 9.94. The fourth-order valence-corrected chi connectivity index (χ4v) is 2.37. The Bertz CT molecular complexity index is 485. The van der Waals surface area contributed by atoms with Gasteiger partial charge in [-0.15, -0.1) is 0 Å². The highest BCUT2D eigenvalue weighted by molar-refractivity contribution is 14.1. The first-order chi connectivity index (χ1) is 11.5. The van der Waals surface area contributed by atoms with E-state index in [-0.39, 0.29) is 6.42 Å². The number of rotatable bonds is 4. The molecule has 8 heteroatoms. The highest BCUT2D eigenvalue weighted by Gasteiger charge is 2.41. The highest BCUT2D eigenvalue weighted by Crippen LogP contribution is 2.21. The Morgan fingerprint density at radius 1 is 0.769 bits per heavy atom. The van der Waals surface area contributed by atoms with E-state index >= 15 is 0 Å². The molecule has 26 heavy (non-hydrogen) atoms. The maximum atomic E-state index is 12.7. The molecule has 0 saturated heterocycles. The predicted octanol–water partition coefficient (Wildman–Crippen LogP) is 4.69. The number of ether oxygens (including phenoxy) is 3. The number of nitrogens with zero attached hydrogens (tertiary/aromatic N) is 1. The summed E-state index contributed by atoms with van der Waals surface area (Å²) >= 11 is 2.07. The Balaban J connectivity index is 5.83. The molecule has 0 aromatic carbocycles. The van der Waals surface area contributed by atoms with Gasteiger partial charge in [0.2, 0.25) is 0 Å². The van der Waals surface area contributed by atoms with Gasteiger partial charge >= 0.3 is 18.2 Å². The van der Waals surface area contributed by atoms with E-state index in [1.165, 1.54) is 0 Å². The van der Waals surface area contributed by atoms with Crippen LogP contribution in [0.1, 0.15) is 68.7 Å². The van der Waals surface area contributed by atoms with Crippen LogP contribution in [0.5, 0.6) is 0 Å². The van der Waals surface area contributed by atoms with Gasteiger partial charge in [0.15, 0.2) is 0 Å². The van der Waals surface area contributed by atoms with Crippen LogP contribution in [0.2, 0.25) is 0 Å². The normalized spacial score (nSPS) is 13.6. The van der Waals surface area contributed by atoms with Crippen molar-refractivity contribution in [3.05, 3.63) is 0 Å². The van der Waals surface area contributed by atoms with Gasteiger partial charge in [0.1, 0.15) is 22.8 Å². The molecule has 0 aliphatic carbocycles. The predicted molar refractivity (Wildman–Crippen MR) is 107 cm³/mol. The SMILES string of the molecule is CC(C)(C)OC(=O)[C@H](CCI)N(C(=O)OC(C)(C)C)C(=O)OC(C)(C)C. The van der Waals surface area contributed by atoms with Gasteiger partial charge in [-0.05, 0) is 68.7 Å². The second-order valence-electron chi connectivity index (χ2n) is 8.86. The molecule has 0 fully saturated rings. The number of carbonyl (C=O) groups is 3. The fourth-order valence-electron chi connectivity index (χ4n) is 1.78. The Labute approximate surface area is 170 Å². The van der Waals surface area contributed by atoms with E-state index in [0.29, 0.717) is 4.43 Å². The number of carbonyl (C=O) groups excluding carboxylic acids is 3. The van der Waals surface area contributed by atoms with Crippen molar-refractivity contribution in [1.82, 2.24) is 4.90 Å². The van der Waals surface area contributed by atoms with Crippen LogP contribution in [0, 0.1) is 0 Å². The average molecular weight is 485 g/mol. The topological polar surface area (TPSA) is 82.1 Å². The van der Waals surface area contributed by atoms with E-state index in [2.05, 4.69) is 22.6 Å². The third-order valence-electron chi connectivity index (χ3n) is 2.55. The number of hydrogen-bond acceptors (Lipinski definition) is 6. The largest absolute Gasteiger partial charge is 0.458 e. The number of halogens is 1. The van der Waals surface area contributed by atoms with Gasteiger partial charge < -0.3 is 14.2 Å². The van der Waals surface area contributed by atoms with Gasteiger partial charge in [0.25, 0.3) is 0 Å². The first kappa shape index (κ1) is 24.9. The van der Waals surface area contributed by atoms with Crippen molar-refractivity contribution < 1.29 is 28.6 Å². The highest BCUT2D eigenvalue weighted by atomic mass is 127. The molecule has 0 radical (unpaired) electrons. The van der Waals surface area contributed by atoms with Gasteiger partial charge in [-0.3, -0.25) is 0 Å². The van der Waals surface area contributed by atoms with Crippen molar-refractivity contribution in [3.8, 4) is 0 Å². The van der Waals surface area contributed by atoms with Crippen LogP contribution in [-0.4, -0.2) is 50.3 Å². The lowest BCUT2D eigenvalue weighted by Crippen LogP contribution is -2.53. The molecule has 0 spiro atoms. The Kier molecular flexibility index (Phi) is 8.86. The summed E-state index contributed by atoms with van der Waals surface area (Å²) in [5.74, 6) is -0.675. The number of imide groups is 1. The maximum Gasteiger partial charge on any atom is 0.420 e. The number of alkyl halides is 1. The van der Waals surface area contributed by atoms with Crippen LogP contribution in [0.15, 0.2) is 0 Å². The lowest BCUT2D eigenvalue weighted by atomic mass is 10.1. The molecule has 0 saturated carbocycles. The maximum absolute atomic E-state index is 12.7. The summed E-state index contributed by atoms with van der Waals surface area (Å²) < 4.78 is 16.6. The lowest BCUT2D eigenvalue weighted by molar-refractivity contribution is -0.161. The molecule has 7 nitrogen and oxygen atoms in total. The molecule has 2 amide bonds. The molecule has 0 aliphatic heterocycles. The standard InChI is InChI=1S/C18H32INO6/c1-16(2,3)24-13(21)12(10-11-19)20(14(22)25-17(4,5)6)15(23)26-18(7,8)9/h12H,10-11H2,1-9H3/t12-/m0/s1. The minimum Gasteiger partial charge on any atom is -0.458 e. The van der Waals surface area contributed by atoms with Gasteiger partial charge in [0.05, 0.1) is 0 Å². The van der Waals surface area contributed by atoms with Crippen LogP contribution in [0.3, 0.4) is 0 Å². The zero-order valence-corrected chi connectivity index (χ0v) is 19.4. The molecular weight excluding hydrogens is 453 g/mol. The smallest absolute Gasteiger partial charge is 0.420 e. The quantitative estimate of drug-likeness (QED) is 0.249. The second kappa shape index (κ2) is 9.23. The molecule has 0 aromatic heterocycles. The molecular formula is C18H32INO6. The summed E-state index contributed by atoms with van der Waals surface area (Å²) in [6, 6.07) is -1.13. The number of hydrogen-bond donors (Lipinski definition) is 0. The van der Waals surface area contributed by atoms with Crippen LogP contribution >= 0.6 is 22.6 Å². The van der Waals surface area contributed by atoms with Crippen molar-refractivity contribution in [3.63, 3.8) is 0 Å². The minimum absolute atomic E-state index is 0.230. The zero-order chi connectivity index (χ0) is 20.9. The number of amides is 2. The number of esters is 1. The molecule has 152 valence electrons. The van der Waals surface area contributed by atoms with Gasteiger partial charge in [-0.2, -0.15) is 4.90 Å². The first-order valence-corrected chi connectivity index (χ1v) is 10.0. The third-order valence-corrected chi connectivity index (χ3v) is 3.18. The summed E-state index contributed by atoms with van der Waals surface area (Å²) in [5, 5.41) is 0. The zero-order valence-electron chi connectivity index (χ0n) is 17.3. The minimum atomic E-state index is -1.13. The van der Waals surface area contributed by atoms with Gasteiger partial charge in [-0.25, -0.2) is 14.4 Å². The van der Waals surface area contributed by atoms with Crippen LogP contribution < -0.4 is 0 Å². The molecule has 0 rings (SSSR count). The van der Waals surface area contributed by atoms with Crippen LogP contribution in [0.4, 0.5) is 9.59 Å². The van der Waals surface area contributed by atoms with Crippen molar-refractivity contribution in [2.75, 3.05) is 4.43 Å². The Morgan fingerprint density at radius 2 is 1.12 bits per heavy atom. The van der Waals surface area contributed by atoms with E-state index in [0.717, 1.165) is 4.90 Å². The van der Waals surface area contributed by atoms with Crippen molar-refractivity contribution in [2.45, 2.75) is 91.6 Å². The molecule has 1 atom stereocenters. The molecule has 0 N–H and O–H groups in total. The van der Waals surface area contributed by atoms with Crippen molar-refractivity contribution in [1.29, 1.82) is 0 Å². The third kappa shape index (κ3) is 10.2. The Hall–Kier alpha value is -1.06. The van der Waals surface area contributed by atoms with E-state index in [4.69, 9.17) is 14.2 Å². The van der Waals surface area contributed by atoms with Gasteiger partial charge in [0, 0.05) is 4.43 Å². The van der Waals surface area contributed by atoms with Crippen LogP contribution in [-0.2, 0) is 19.0 Å². The molecule has 0 bridgehead atoms. The monoisotopic (exact) mass is 485 g/mol. The molecule has 0 aliphatic rings. The average Bonchev–Trinajstić information content (AvgIpc) is 2.31. The Morgan fingerprint density at radius 3 is 1.38 bits per heavy atom. The van der Waals surface area contributed by atoms with Gasteiger partial charge in [-0.1, -0.05) is 22.6 Å². The molecule has 0 heterocycles. The van der Waals surface area contributed by atoms with E-state index in [1.54, 1.807) is 62.3 Å². The van der Waals surface area contributed by atoms with E-state index in [1.807, 2.05) is 0 Å². The summed E-state index contributed by atoms with van der Waals surface area (Å²) in [6.45, 7) is 15.2. The van der Waals surface area contributed by atoms with E-state index < -0.39 is 41.0 Å². The summed E-state index contributed by atoms with van der Waals surface area (Å²) in [5.41, 5.74) is -2.42. The fraction of sp³-hybridized carbons (Fsp3) is 0.833. The lowest BCUT2D eigenvalue weighted by Gasteiger charge is -2.33. The van der Waals surface area contributed by atoms with E-state index in [9.17, 15) is 14.4 Å². The van der Waals surface area contributed by atoms with Crippen molar-refractivity contribution in [2.24, 2.45) is 0 Å². The summed E-state index contributed by atoms with van der Waals surface area (Å²) in [4.78, 5) is 38.7. The summed E-state index contributed by atoms with van der Waals surface area (Å²) in [7, 11) is 0. The van der Waals surface area contributed by atoms with Crippen LogP contribution in [0.25, 0.3) is 0 Å². The summed E-state index contributed by atoms with van der Waals surface area (Å²) in [6.07, 6.45) is -1.64. The first-order valence-electron chi connectivity index (χ1n) is 8.51. The molecule has 0 unspecified atom stereocenters. The van der Waals surface area contributed by atoms with Crippen molar-refractivity contribution >= 4 is 40.7 Å².